The molecule has 1 aliphatic rings. The molecule has 17 heavy (non-hydrogen) atoms. The van der Waals surface area contributed by atoms with Crippen LogP contribution in [0.2, 0.25) is 0 Å². The van der Waals surface area contributed by atoms with Crippen molar-refractivity contribution in [3.8, 4) is 0 Å². The fourth-order valence-corrected chi connectivity index (χ4v) is 3.16. The van der Waals surface area contributed by atoms with Crippen LogP contribution in [0.3, 0.4) is 0 Å². The van der Waals surface area contributed by atoms with E-state index in [1.165, 1.54) is 12.8 Å². The number of halogens is 2. The van der Waals surface area contributed by atoms with E-state index in [0.717, 1.165) is 16.9 Å². The molecule has 1 heterocycles. The van der Waals surface area contributed by atoms with Gasteiger partial charge in [0.15, 0.2) is 0 Å². The van der Waals surface area contributed by atoms with Crippen molar-refractivity contribution in [1.82, 2.24) is 9.88 Å². The number of nitrogens with zero attached hydrogens (tertiary/aromatic N) is 1. The smallest absolute Gasteiger partial charge is 0.264 e. The molecule has 1 aliphatic carbocycles. The molecule has 3 nitrogen and oxygen atoms in total. The zero-order valence-electron chi connectivity index (χ0n) is 9.75. The molecule has 0 amide bonds. The number of hydrogen-bond donors (Lipinski definition) is 1. The lowest BCUT2D eigenvalue weighted by Gasteiger charge is -2.13. The van der Waals surface area contributed by atoms with Gasteiger partial charge in [-0.25, -0.2) is 0 Å². The summed E-state index contributed by atoms with van der Waals surface area (Å²) in [5.41, 5.74) is 0.0223. The summed E-state index contributed by atoms with van der Waals surface area (Å²) in [5.74, 6) is 0.848. The fraction of sp³-hybridized carbons (Fsp3) is 0.583. The summed E-state index contributed by atoms with van der Waals surface area (Å²) in [6.07, 6.45) is 4.52. The van der Waals surface area contributed by atoms with Gasteiger partial charge in [0.1, 0.15) is 0 Å². The summed E-state index contributed by atoms with van der Waals surface area (Å²) in [7, 11) is 0. The van der Waals surface area contributed by atoms with E-state index < -0.39 is 0 Å². The van der Waals surface area contributed by atoms with Gasteiger partial charge in [-0.15, -0.1) is 0 Å². The van der Waals surface area contributed by atoms with Gasteiger partial charge in [-0.1, -0.05) is 0 Å². The average molecular weight is 364 g/mol. The maximum atomic E-state index is 11.8. The van der Waals surface area contributed by atoms with Crippen LogP contribution in [-0.2, 0) is 6.54 Å². The van der Waals surface area contributed by atoms with Crippen LogP contribution in [0, 0.1) is 5.92 Å². The zero-order valence-corrected chi connectivity index (χ0v) is 12.9. The van der Waals surface area contributed by atoms with Gasteiger partial charge in [0.05, 0.1) is 4.47 Å². The van der Waals surface area contributed by atoms with E-state index in [-0.39, 0.29) is 5.56 Å². The first-order valence-electron chi connectivity index (χ1n) is 5.87. The van der Waals surface area contributed by atoms with Gasteiger partial charge < -0.3 is 9.88 Å². The second-order valence-corrected chi connectivity index (χ2v) is 6.36. The molecular formula is C12H16Br2N2O. The Balaban J connectivity index is 1.92. The third kappa shape index (κ3) is 3.66. The Bertz CT molecular complexity index is 454. The van der Waals surface area contributed by atoms with Gasteiger partial charge >= 0.3 is 0 Å². The van der Waals surface area contributed by atoms with E-state index in [0.29, 0.717) is 17.1 Å². The minimum absolute atomic E-state index is 0.0223. The molecule has 1 aromatic rings. The summed E-state index contributed by atoms with van der Waals surface area (Å²) in [5, 5.41) is 3.47. The van der Waals surface area contributed by atoms with E-state index in [4.69, 9.17) is 0 Å². The fourth-order valence-electron chi connectivity index (χ4n) is 1.91. The Morgan fingerprint density at radius 2 is 2.24 bits per heavy atom. The second-order valence-electron chi connectivity index (χ2n) is 4.59. The van der Waals surface area contributed by atoms with Crippen LogP contribution in [0.1, 0.15) is 19.8 Å². The number of nitrogens with one attached hydrogen (secondary N) is 1. The van der Waals surface area contributed by atoms with Crippen molar-refractivity contribution in [2.75, 3.05) is 6.54 Å². The lowest BCUT2D eigenvalue weighted by Crippen LogP contribution is -2.33. The normalized spacial score (nSPS) is 17.1. The minimum Gasteiger partial charge on any atom is -0.312 e. The molecule has 1 atom stereocenters. The molecule has 1 saturated carbocycles. The van der Waals surface area contributed by atoms with Gasteiger partial charge in [0.2, 0.25) is 0 Å². The number of hydrogen-bond acceptors (Lipinski definition) is 2. The van der Waals surface area contributed by atoms with Crippen LogP contribution in [0.4, 0.5) is 0 Å². The Kier molecular flexibility index (Phi) is 4.44. The Morgan fingerprint density at radius 3 is 2.88 bits per heavy atom. The molecule has 0 radical (unpaired) electrons. The summed E-state index contributed by atoms with van der Waals surface area (Å²) in [6.45, 7) is 3.76. The van der Waals surface area contributed by atoms with Crippen molar-refractivity contribution >= 4 is 31.9 Å². The van der Waals surface area contributed by atoms with Crippen LogP contribution in [-0.4, -0.2) is 17.2 Å². The van der Waals surface area contributed by atoms with E-state index in [1.807, 2.05) is 6.20 Å². The standard InChI is InChI=1S/C12H16Br2N2O/c1-8(9-2-3-9)15-4-5-16-7-10(13)6-11(14)12(16)17/h6-9,15H,2-5H2,1H3. The molecule has 2 rings (SSSR count). The highest BCUT2D eigenvalue weighted by Crippen LogP contribution is 2.32. The first-order valence-corrected chi connectivity index (χ1v) is 7.45. The molecule has 1 N–H and O–H groups in total. The third-order valence-corrected chi connectivity index (χ3v) is 4.16. The topological polar surface area (TPSA) is 34.0 Å². The van der Waals surface area contributed by atoms with Crippen molar-refractivity contribution in [3.05, 3.63) is 31.6 Å². The van der Waals surface area contributed by atoms with Gasteiger partial charge in [-0.2, -0.15) is 0 Å². The highest BCUT2D eigenvalue weighted by molar-refractivity contribution is 9.11. The molecule has 1 unspecified atom stereocenters. The first kappa shape index (κ1) is 13.3. The number of rotatable bonds is 5. The van der Waals surface area contributed by atoms with E-state index in [9.17, 15) is 4.79 Å². The van der Waals surface area contributed by atoms with Crippen LogP contribution in [0.15, 0.2) is 26.0 Å². The first-order chi connectivity index (χ1) is 8.08. The molecule has 0 aromatic carbocycles. The maximum absolute atomic E-state index is 11.8. The van der Waals surface area contributed by atoms with Gasteiger partial charge in [0.25, 0.3) is 5.56 Å². The monoisotopic (exact) mass is 362 g/mol. The van der Waals surface area contributed by atoms with Gasteiger partial charge in [0, 0.05) is 29.8 Å². The van der Waals surface area contributed by atoms with Crippen LogP contribution >= 0.6 is 31.9 Å². The van der Waals surface area contributed by atoms with E-state index in [2.05, 4.69) is 44.1 Å². The van der Waals surface area contributed by atoms with Gasteiger partial charge in [-0.3, -0.25) is 4.79 Å². The SMILES string of the molecule is CC(NCCn1cc(Br)cc(Br)c1=O)C1CC1. The van der Waals surface area contributed by atoms with Gasteiger partial charge in [-0.05, 0) is 63.6 Å². The van der Waals surface area contributed by atoms with Crippen LogP contribution in [0.25, 0.3) is 0 Å². The molecule has 94 valence electrons. The summed E-state index contributed by atoms with van der Waals surface area (Å²) in [4.78, 5) is 11.8. The molecule has 0 saturated heterocycles. The number of aromatic nitrogens is 1. The molecule has 5 heteroatoms. The number of pyridine rings is 1. The van der Waals surface area contributed by atoms with Crippen LogP contribution in [0.5, 0.6) is 0 Å². The summed E-state index contributed by atoms with van der Waals surface area (Å²) in [6, 6.07) is 2.35. The Hall–Kier alpha value is -0.130. The van der Waals surface area contributed by atoms with Crippen molar-refractivity contribution < 1.29 is 0 Å². The van der Waals surface area contributed by atoms with Crippen molar-refractivity contribution in [3.63, 3.8) is 0 Å². The predicted molar refractivity (Wildman–Crippen MR) is 76.3 cm³/mol. The molecular weight excluding hydrogens is 348 g/mol. The largest absolute Gasteiger partial charge is 0.312 e. The quantitative estimate of drug-likeness (QED) is 0.872. The molecule has 1 aromatic heterocycles. The molecule has 0 aliphatic heterocycles. The highest BCUT2D eigenvalue weighted by Gasteiger charge is 2.27. The van der Waals surface area contributed by atoms with Crippen molar-refractivity contribution in [2.45, 2.75) is 32.4 Å². The predicted octanol–water partition coefficient (Wildman–Crippen LogP) is 2.76. The lowest BCUT2D eigenvalue weighted by molar-refractivity contribution is 0.471. The Morgan fingerprint density at radius 1 is 1.53 bits per heavy atom. The average Bonchev–Trinajstić information content (AvgIpc) is 3.08. The minimum atomic E-state index is 0.0223. The van der Waals surface area contributed by atoms with Crippen molar-refractivity contribution in [1.29, 1.82) is 0 Å². The maximum Gasteiger partial charge on any atom is 0.264 e. The second kappa shape index (κ2) is 5.67. The molecule has 0 spiro atoms. The highest BCUT2D eigenvalue weighted by atomic mass is 79.9. The van der Waals surface area contributed by atoms with Crippen molar-refractivity contribution in [2.24, 2.45) is 5.92 Å². The summed E-state index contributed by atoms with van der Waals surface area (Å²) < 4.78 is 3.24. The molecule has 0 bridgehead atoms. The zero-order chi connectivity index (χ0) is 12.4. The lowest BCUT2D eigenvalue weighted by atomic mass is 10.2. The van der Waals surface area contributed by atoms with E-state index in [1.54, 1.807) is 10.6 Å². The molecule has 1 fully saturated rings. The summed E-state index contributed by atoms with van der Waals surface area (Å²) >= 11 is 6.66. The third-order valence-electron chi connectivity index (χ3n) is 3.16. The van der Waals surface area contributed by atoms with E-state index >= 15 is 0 Å². The Labute approximate surface area is 118 Å². The van der Waals surface area contributed by atoms with Crippen LogP contribution < -0.4 is 10.9 Å².